The van der Waals surface area contributed by atoms with Gasteiger partial charge in [-0.3, -0.25) is 0 Å². The lowest BCUT2D eigenvalue weighted by Gasteiger charge is -2.24. The minimum Gasteiger partial charge on any atom is -0.497 e. The van der Waals surface area contributed by atoms with Crippen molar-refractivity contribution in [2.24, 2.45) is 4.99 Å². The first-order valence-corrected chi connectivity index (χ1v) is 15.6. The Hall–Kier alpha value is -4.49. The average molecular weight is 653 g/mol. The molecular formula is C33H35F3N6O3S. The summed E-state index contributed by atoms with van der Waals surface area (Å²) in [6, 6.07) is 19.1. The molecule has 0 spiro atoms. The van der Waals surface area contributed by atoms with Gasteiger partial charge in [0.2, 0.25) is 6.35 Å². The number of thioether (sulfide) groups is 1. The number of aliphatic hydroxyl groups is 1. The highest BCUT2D eigenvalue weighted by Crippen LogP contribution is 2.35. The first-order chi connectivity index (χ1) is 21.9. The van der Waals surface area contributed by atoms with Crippen molar-refractivity contribution >= 4 is 28.2 Å². The van der Waals surface area contributed by atoms with Crippen LogP contribution in [0.25, 0.3) is 22.6 Å². The molecule has 0 aliphatic carbocycles. The molecule has 0 bridgehead atoms. The maximum atomic E-state index is 12.4. The van der Waals surface area contributed by atoms with E-state index in [1.165, 1.54) is 35.3 Å². The molecule has 0 saturated carbocycles. The smallest absolute Gasteiger partial charge is 0.497 e. The van der Waals surface area contributed by atoms with Crippen LogP contribution in [0, 0.1) is 0 Å². The van der Waals surface area contributed by atoms with Crippen molar-refractivity contribution in [2.45, 2.75) is 46.3 Å². The van der Waals surface area contributed by atoms with Gasteiger partial charge in [-0.15, -0.1) is 18.3 Å². The fourth-order valence-electron chi connectivity index (χ4n) is 4.94. The third-order valence-electron chi connectivity index (χ3n) is 7.47. The molecule has 242 valence electrons. The molecule has 1 unspecified atom stereocenters. The van der Waals surface area contributed by atoms with Crippen LogP contribution in [0.3, 0.4) is 0 Å². The Labute approximate surface area is 269 Å². The van der Waals surface area contributed by atoms with E-state index in [0.29, 0.717) is 11.5 Å². The Morgan fingerprint density at radius 2 is 1.72 bits per heavy atom. The summed E-state index contributed by atoms with van der Waals surface area (Å²) in [5.74, 6) is 2.11. The Bertz CT molecular complexity index is 1720. The van der Waals surface area contributed by atoms with Crippen molar-refractivity contribution in [3.8, 4) is 28.6 Å². The third kappa shape index (κ3) is 7.83. The minimum absolute atomic E-state index is 0.285. The van der Waals surface area contributed by atoms with Crippen LogP contribution in [0.5, 0.6) is 11.5 Å². The highest BCUT2D eigenvalue weighted by atomic mass is 32.2. The van der Waals surface area contributed by atoms with Gasteiger partial charge in [-0.2, -0.15) is 0 Å². The Balaban J connectivity index is 1.26. The van der Waals surface area contributed by atoms with Crippen molar-refractivity contribution in [1.29, 1.82) is 0 Å². The van der Waals surface area contributed by atoms with E-state index in [4.69, 9.17) is 4.74 Å². The van der Waals surface area contributed by atoms with E-state index in [0.717, 1.165) is 56.9 Å². The van der Waals surface area contributed by atoms with Crippen molar-refractivity contribution in [2.75, 3.05) is 24.3 Å². The van der Waals surface area contributed by atoms with E-state index in [2.05, 4.69) is 49.9 Å². The number of aromatic nitrogens is 3. The van der Waals surface area contributed by atoms with Crippen molar-refractivity contribution in [3.05, 3.63) is 89.9 Å². The third-order valence-corrected chi connectivity index (χ3v) is 8.44. The van der Waals surface area contributed by atoms with Crippen molar-refractivity contribution in [3.63, 3.8) is 0 Å². The normalized spacial score (nSPS) is 15.7. The molecule has 1 aliphatic rings. The van der Waals surface area contributed by atoms with E-state index in [9.17, 15) is 18.3 Å². The Morgan fingerprint density at radius 1 is 1.02 bits per heavy atom. The lowest BCUT2D eigenvalue weighted by molar-refractivity contribution is -0.274. The molecule has 0 amide bonds. The zero-order valence-electron chi connectivity index (χ0n) is 26.0. The molecule has 9 nitrogen and oxygen atoms in total. The molecule has 46 heavy (non-hydrogen) atoms. The monoisotopic (exact) mass is 652 g/mol. The number of ether oxygens (including phenoxy) is 2. The quantitative estimate of drug-likeness (QED) is 0.174. The minimum atomic E-state index is -4.75. The van der Waals surface area contributed by atoms with E-state index in [1.54, 1.807) is 18.9 Å². The highest BCUT2D eigenvalue weighted by Gasteiger charge is 2.31. The van der Waals surface area contributed by atoms with Gasteiger partial charge in [0.25, 0.3) is 0 Å². The van der Waals surface area contributed by atoms with Crippen LogP contribution in [-0.4, -0.2) is 57.2 Å². The van der Waals surface area contributed by atoms with Gasteiger partial charge in [-0.25, -0.2) is 14.7 Å². The highest BCUT2D eigenvalue weighted by molar-refractivity contribution is 8.14. The number of aliphatic hydroxyl groups excluding tert-OH is 1. The fourth-order valence-corrected chi connectivity index (χ4v) is 5.92. The average Bonchev–Trinajstić information content (AvgIpc) is 3.70. The van der Waals surface area contributed by atoms with Gasteiger partial charge in [-0.05, 0) is 78.9 Å². The molecule has 0 radical (unpaired) electrons. The maximum Gasteiger partial charge on any atom is 0.573 e. The summed E-state index contributed by atoms with van der Waals surface area (Å²) in [4.78, 5) is 11.1. The molecular weight excluding hydrogens is 617 g/mol. The van der Waals surface area contributed by atoms with Gasteiger partial charge in [-0.1, -0.05) is 49.9 Å². The number of nitrogens with one attached hydrogen (secondary N) is 1. The van der Waals surface area contributed by atoms with Crippen LogP contribution in [-0.2, 0) is 0 Å². The second-order valence-corrected chi connectivity index (χ2v) is 12.0. The number of methoxy groups -OCH3 is 1. The van der Waals surface area contributed by atoms with Gasteiger partial charge in [0, 0.05) is 29.2 Å². The number of allylic oxidation sites excluding steroid dienone is 2. The number of alkyl halides is 3. The summed E-state index contributed by atoms with van der Waals surface area (Å²) in [5.41, 5.74) is 6.15. The molecule has 13 heteroatoms. The van der Waals surface area contributed by atoms with Crippen LogP contribution >= 0.6 is 11.8 Å². The number of aliphatic imine (C=N–C) groups is 1. The predicted octanol–water partition coefficient (Wildman–Crippen LogP) is 7.19. The summed E-state index contributed by atoms with van der Waals surface area (Å²) in [6.45, 7) is 8.92. The van der Waals surface area contributed by atoms with Gasteiger partial charge < -0.3 is 24.8 Å². The molecule has 3 aromatic carbocycles. The first-order valence-electron chi connectivity index (χ1n) is 14.6. The van der Waals surface area contributed by atoms with Crippen LogP contribution < -0.4 is 19.7 Å². The fraction of sp³-hybridized carbons (Fsp3) is 0.303. The topological polar surface area (TPSA) is 97.0 Å². The number of benzene rings is 3. The number of nitrogens with zero attached hydrogens (tertiary/aromatic N) is 5. The Morgan fingerprint density at radius 3 is 2.37 bits per heavy atom. The van der Waals surface area contributed by atoms with E-state index in [-0.39, 0.29) is 11.7 Å². The summed E-state index contributed by atoms with van der Waals surface area (Å²) >= 11 is 1.61. The summed E-state index contributed by atoms with van der Waals surface area (Å²) < 4.78 is 48.2. The molecule has 1 fully saturated rings. The van der Waals surface area contributed by atoms with Crippen LogP contribution in [0.15, 0.2) is 83.7 Å². The maximum absolute atomic E-state index is 12.4. The lowest BCUT2D eigenvalue weighted by Crippen LogP contribution is -2.31. The summed E-state index contributed by atoms with van der Waals surface area (Å²) in [5, 5.41) is 19.2. The number of hydrogen-bond acceptors (Lipinski definition) is 8. The van der Waals surface area contributed by atoms with Crippen molar-refractivity contribution < 1.29 is 27.8 Å². The largest absolute Gasteiger partial charge is 0.573 e. The Kier molecular flexibility index (Phi) is 9.92. The summed E-state index contributed by atoms with van der Waals surface area (Å²) in [6.07, 6.45) is -4.40. The lowest BCUT2D eigenvalue weighted by atomic mass is 10.00. The molecule has 1 aromatic heterocycles. The molecule has 4 aromatic rings. The molecule has 2 heterocycles. The second-order valence-electron chi connectivity index (χ2n) is 10.9. The van der Waals surface area contributed by atoms with Gasteiger partial charge in [0.05, 0.1) is 12.8 Å². The number of halogens is 3. The summed E-state index contributed by atoms with van der Waals surface area (Å²) in [7, 11) is 1.66. The number of hydrogen-bond donors (Lipinski definition) is 2. The molecule has 5 rings (SSSR count). The van der Waals surface area contributed by atoms with Gasteiger partial charge in [0.15, 0.2) is 11.0 Å². The van der Waals surface area contributed by atoms with Crippen LogP contribution in [0.2, 0.25) is 0 Å². The van der Waals surface area contributed by atoms with E-state index < -0.39 is 12.7 Å². The van der Waals surface area contributed by atoms with Gasteiger partial charge >= 0.3 is 6.36 Å². The van der Waals surface area contributed by atoms with E-state index >= 15 is 0 Å². The zero-order chi connectivity index (χ0) is 33.0. The number of amidine groups is 1. The molecule has 1 saturated heterocycles. The molecule has 1 aliphatic heterocycles. The van der Waals surface area contributed by atoms with Gasteiger partial charge in [0.1, 0.15) is 17.8 Å². The number of anilines is 1. The molecule has 2 N–H and O–H groups in total. The molecule has 1 atom stereocenters. The predicted molar refractivity (Wildman–Crippen MR) is 175 cm³/mol. The second kappa shape index (κ2) is 13.9. The van der Waals surface area contributed by atoms with Crippen LogP contribution in [0.4, 0.5) is 18.9 Å². The SMILES string of the molecule is COc1ccc(N2CCSC2=NC(O)N/C(C)=C(\C)c2ccc(-c3ncn(-c4ccc(OC(F)(F)F)cc4)n3)cc2)c(C(C)C)c1. The van der Waals surface area contributed by atoms with Crippen LogP contribution in [0.1, 0.15) is 44.7 Å². The van der Waals surface area contributed by atoms with E-state index in [1.807, 2.05) is 50.2 Å². The number of rotatable bonds is 10. The zero-order valence-corrected chi connectivity index (χ0v) is 26.9. The van der Waals surface area contributed by atoms with Crippen molar-refractivity contribution in [1.82, 2.24) is 20.1 Å². The first kappa shape index (κ1) is 32.9. The standard InChI is InChI=1S/C33H35F3N6O3S/c1-20(2)28-18-27(44-5)14-15-29(28)41-16-17-46-32(41)39-31(43)38-22(4)21(3)23-6-8-24(9-7-23)30-37-19-42(40-30)25-10-12-26(13-11-25)45-33(34,35)36/h6-15,18-20,31,38,43H,16-17H2,1-5H3/b22-21+,39-32?.